The van der Waals surface area contributed by atoms with Crippen molar-refractivity contribution >= 4 is 5.91 Å². The van der Waals surface area contributed by atoms with E-state index in [-0.39, 0.29) is 5.56 Å². The molecule has 0 aliphatic carbocycles. The molecule has 1 aromatic rings. The molecular formula is C11H12F3NO3. The SMILES string of the molecule is O=C(c1ccccc1O)N(CCO)CC(F)(F)F. The Kier molecular flexibility index (Phi) is 4.55. The zero-order chi connectivity index (χ0) is 13.8. The maximum atomic E-state index is 12.3. The molecule has 0 bridgehead atoms. The minimum Gasteiger partial charge on any atom is -0.507 e. The summed E-state index contributed by atoms with van der Waals surface area (Å²) in [5.74, 6) is -1.37. The van der Waals surface area contributed by atoms with E-state index >= 15 is 0 Å². The number of phenols is 1. The number of hydrogen-bond acceptors (Lipinski definition) is 3. The van der Waals surface area contributed by atoms with Crippen LogP contribution in [0.3, 0.4) is 0 Å². The Balaban J connectivity index is 2.93. The van der Waals surface area contributed by atoms with Gasteiger partial charge in [0.25, 0.3) is 5.91 Å². The van der Waals surface area contributed by atoms with E-state index in [1.165, 1.54) is 24.3 Å². The van der Waals surface area contributed by atoms with Crippen LogP contribution in [-0.4, -0.2) is 46.9 Å². The summed E-state index contributed by atoms with van der Waals surface area (Å²) >= 11 is 0. The van der Waals surface area contributed by atoms with Crippen molar-refractivity contribution in [2.45, 2.75) is 6.18 Å². The number of aliphatic hydroxyl groups excluding tert-OH is 1. The lowest BCUT2D eigenvalue weighted by molar-refractivity contribution is -0.141. The Morgan fingerprint density at radius 1 is 1.28 bits per heavy atom. The third-order valence-electron chi connectivity index (χ3n) is 2.16. The van der Waals surface area contributed by atoms with Crippen molar-refractivity contribution in [3.8, 4) is 5.75 Å². The molecule has 0 spiro atoms. The van der Waals surface area contributed by atoms with E-state index in [1.54, 1.807) is 0 Å². The highest BCUT2D eigenvalue weighted by Gasteiger charge is 2.33. The van der Waals surface area contributed by atoms with Crippen molar-refractivity contribution in [1.82, 2.24) is 4.90 Å². The van der Waals surface area contributed by atoms with Crippen LogP contribution in [0.1, 0.15) is 10.4 Å². The molecule has 2 N–H and O–H groups in total. The van der Waals surface area contributed by atoms with Gasteiger partial charge in [-0.15, -0.1) is 0 Å². The van der Waals surface area contributed by atoms with Crippen LogP contribution in [0.15, 0.2) is 24.3 Å². The second-order valence-corrected chi connectivity index (χ2v) is 3.58. The first-order valence-electron chi connectivity index (χ1n) is 5.10. The summed E-state index contributed by atoms with van der Waals surface area (Å²) in [7, 11) is 0. The molecule has 0 saturated carbocycles. The fourth-order valence-electron chi connectivity index (χ4n) is 1.41. The lowest BCUT2D eigenvalue weighted by Gasteiger charge is -2.23. The number of phenolic OH excluding ortho intramolecular Hbond substituents is 1. The number of aliphatic hydroxyl groups is 1. The fraction of sp³-hybridized carbons (Fsp3) is 0.364. The summed E-state index contributed by atoms with van der Waals surface area (Å²) in [4.78, 5) is 12.2. The molecule has 0 saturated heterocycles. The van der Waals surface area contributed by atoms with Gasteiger partial charge in [-0.1, -0.05) is 12.1 Å². The molecule has 4 nitrogen and oxygen atoms in total. The molecule has 18 heavy (non-hydrogen) atoms. The predicted molar refractivity (Wildman–Crippen MR) is 57.2 cm³/mol. The summed E-state index contributed by atoms with van der Waals surface area (Å²) in [5, 5.41) is 18.1. The molecule has 0 atom stereocenters. The third kappa shape index (κ3) is 3.92. The van der Waals surface area contributed by atoms with Crippen molar-refractivity contribution < 1.29 is 28.2 Å². The van der Waals surface area contributed by atoms with Gasteiger partial charge < -0.3 is 15.1 Å². The van der Waals surface area contributed by atoms with E-state index in [0.717, 1.165) is 0 Å². The van der Waals surface area contributed by atoms with Gasteiger partial charge in [0.05, 0.1) is 12.2 Å². The van der Waals surface area contributed by atoms with E-state index in [1.807, 2.05) is 0 Å². The fourth-order valence-corrected chi connectivity index (χ4v) is 1.41. The molecule has 0 fully saturated rings. The number of carbonyl (C=O) groups excluding carboxylic acids is 1. The van der Waals surface area contributed by atoms with Crippen molar-refractivity contribution in [2.75, 3.05) is 19.7 Å². The average Bonchev–Trinajstić information content (AvgIpc) is 2.26. The Labute approximate surface area is 101 Å². The number of amides is 1. The van der Waals surface area contributed by atoms with Crippen LogP contribution in [0.25, 0.3) is 0 Å². The first kappa shape index (κ1) is 14.3. The predicted octanol–water partition coefficient (Wildman–Crippen LogP) is 1.39. The molecule has 0 heterocycles. The second kappa shape index (κ2) is 5.72. The molecular weight excluding hydrogens is 251 g/mol. The quantitative estimate of drug-likeness (QED) is 0.863. The van der Waals surface area contributed by atoms with E-state index in [2.05, 4.69) is 0 Å². The third-order valence-corrected chi connectivity index (χ3v) is 2.16. The maximum absolute atomic E-state index is 12.3. The Bertz CT molecular complexity index is 420. The highest BCUT2D eigenvalue weighted by molar-refractivity contribution is 5.96. The molecule has 1 aromatic carbocycles. The maximum Gasteiger partial charge on any atom is 0.406 e. The number of benzene rings is 1. The first-order chi connectivity index (χ1) is 8.35. The first-order valence-corrected chi connectivity index (χ1v) is 5.10. The monoisotopic (exact) mass is 263 g/mol. The van der Waals surface area contributed by atoms with Gasteiger partial charge >= 0.3 is 6.18 Å². The van der Waals surface area contributed by atoms with Crippen LogP contribution in [0.4, 0.5) is 13.2 Å². The van der Waals surface area contributed by atoms with Crippen molar-refractivity contribution in [1.29, 1.82) is 0 Å². The van der Waals surface area contributed by atoms with Gasteiger partial charge in [-0.2, -0.15) is 13.2 Å². The summed E-state index contributed by atoms with van der Waals surface area (Å²) in [5.41, 5.74) is -0.227. The lowest BCUT2D eigenvalue weighted by atomic mass is 10.1. The van der Waals surface area contributed by atoms with E-state index < -0.39 is 37.5 Å². The average molecular weight is 263 g/mol. The van der Waals surface area contributed by atoms with Gasteiger partial charge in [-0.3, -0.25) is 4.79 Å². The summed E-state index contributed by atoms with van der Waals surface area (Å²) in [6.45, 7) is -2.51. The Morgan fingerprint density at radius 2 is 1.89 bits per heavy atom. The zero-order valence-electron chi connectivity index (χ0n) is 9.31. The Morgan fingerprint density at radius 3 is 2.39 bits per heavy atom. The number of para-hydroxylation sites is 1. The minimum absolute atomic E-state index is 0.227. The van der Waals surface area contributed by atoms with Crippen LogP contribution >= 0.6 is 0 Å². The van der Waals surface area contributed by atoms with Crippen molar-refractivity contribution in [3.63, 3.8) is 0 Å². The molecule has 0 aliphatic heterocycles. The largest absolute Gasteiger partial charge is 0.507 e. The van der Waals surface area contributed by atoms with Gasteiger partial charge in [0, 0.05) is 6.54 Å². The number of aromatic hydroxyl groups is 1. The van der Waals surface area contributed by atoms with Gasteiger partial charge in [-0.25, -0.2) is 0 Å². The molecule has 0 aliphatic rings. The standard InChI is InChI=1S/C11H12F3NO3/c12-11(13,14)7-15(5-6-16)10(18)8-3-1-2-4-9(8)17/h1-4,16-17H,5-7H2. The van der Waals surface area contributed by atoms with Gasteiger partial charge in [-0.05, 0) is 12.1 Å². The summed E-state index contributed by atoms with van der Waals surface area (Å²) < 4.78 is 36.8. The smallest absolute Gasteiger partial charge is 0.406 e. The number of alkyl halides is 3. The van der Waals surface area contributed by atoms with E-state index in [9.17, 15) is 23.1 Å². The minimum atomic E-state index is -4.56. The number of halogens is 3. The van der Waals surface area contributed by atoms with E-state index in [4.69, 9.17) is 5.11 Å². The van der Waals surface area contributed by atoms with Crippen LogP contribution in [0, 0.1) is 0 Å². The van der Waals surface area contributed by atoms with Gasteiger partial charge in [0.15, 0.2) is 0 Å². The summed E-state index contributed by atoms with van der Waals surface area (Å²) in [6, 6.07) is 5.31. The van der Waals surface area contributed by atoms with Gasteiger partial charge in [0.1, 0.15) is 12.3 Å². The summed E-state index contributed by atoms with van der Waals surface area (Å²) in [6.07, 6.45) is -4.56. The normalized spacial score (nSPS) is 11.3. The number of nitrogens with zero attached hydrogens (tertiary/aromatic N) is 1. The van der Waals surface area contributed by atoms with Crippen LogP contribution in [0.5, 0.6) is 5.75 Å². The molecule has 0 radical (unpaired) electrons. The highest BCUT2D eigenvalue weighted by atomic mass is 19.4. The topological polar surface area (TPSA) is 60.8 Å². The highest BCUT2D eigenvalue weighted by Crippen LogP contribution is 2.21. The molecule has 7 heteroatoms. The van der Waals surface area contributed by atoms with Crippen LogP contribution < -0.4 is 0 Å². The van der Waals surface area contributed by atoms with Crippen LogP contribution in [-0.2, 0) is 0 Å². The molecule has 0 unspecified atom stereocenters. The number of carbonyl (C=O) groups is 1. The number of rotatable bonds is 4. The van der Waals surface area contributed by atoms with E-state index in [0.29, 0.717) is 4.90 Å². The molecule has 1 amide bonds. The Hall–Kier alpha value is -1.76. The molecule has 100 valence electrons. The zero-order valence-corrected chi connectivity index (χ0v) is 9.31. The van der Waals surface area contributed by atoms with Gasteiger partial charge in [0.2, 0.25) is 0 Å². The number of hydrogen-bond donors (Lipinski definition) is 2. The lowest BCUT2D eigenvalue weighted by Crippen LogP contribution is -2.40. The van der Waals surface area contributed by atoms with Crippen molar-refractivity contribution in [2.24, 2.45) is 0 Å². The second-order valence-electron chi connectivity index (χ2n) is 3.58. The van der Waals surface area contributed by atoms with Crippen LogP contribution in [0.2, 0.25) is 0 Å². The van der Waals surface area contributed by atoms with Crippen molar-refractivity contribution in [3.05, 3.63) is 29.8 Å². The molecule has 1 rings (SSSR count). The molecule has 0 aromatic heterocycles.